The summed E-state index contributed by atoms with van der Waals surface area (Å²) in [4.78, 5) is 13.5. The molecule has 0 aliphatic rings. The first-order valence-electron chi connectivity index (χ1n) is 11.2. The fraction of sp³-hybridized carbons (Fsp3) is 0.107. The van der Waals surface area contributed by atoms with Crippen molar-refractivity contribution in [3.8, 4) is 0 Å². The van der Waals surface area contributed by atoms with Gasteiger partial charge in [0.1, 0.15) is 6.54 Å². The zero-order chi connectivity index (χ0) is 25.7. The molecule has 1 N–H and O–H groups in total. The van der Waals surface area contributed by atoms with Crippen LogP contribution in [0.15, 0.2) is 108 Å². The number of amides is 1. The number of hydrogen-bond donors (Lipinski definition) is 1. The Morgan fingerprint density at radius 1 is 0.833 bits per heavy atom. The average molecular weight is 539 g/mol. The van der Waals surface area contributed by atoms with Crippen molar-refractivity contribution in [1.29, 1.82) is 0 Å². The number of carbonyl (C=O) groups excluding carboxylic acids is 1. The van der Waals surface area contributed by atoms with Crippen molar-refractivity contribution in [2.24, 2.45) is 0 Å². The van der Waals surface area contributed by atoms with Crippen LogP contribution < -0.4 is 9.62 Å². The standard InChI is InChI=1S/C28H24Cl2N2O3S/c1-20-11-8-9-16-23(20)28(21-12-4-2-5-13-21)31-26(33)19-32(25-18-10-17-24(29)27(25)30)36(34,35)22-14-6-3-7-15-22/h2-18,28H,19H2,1H3,(H,31,33). The number of halogens is 2. The molecule has 0 heterocycles. The zero-order valence-electron chi connectivity index (χ0n) is 19.4. The molecule has 0 saturated carbocycles. The Kier molecular flexibility index (Phi) is 7.99. The zero-order valence-corrected chi connectivity index (χ0v) is 21.8. The maximum atomic E-state index is 13.7. The van der Waals surface area contributed by atoms with Gasteiger partial charge in [-0.25, -0.2) is 8.42 Å². The molecule has 0 bridgehead atoms. The van der Waals surface area contributed by atoms with Crippen LogP contribution in [-0.4, -0.2) is 20.9 Å². The predicted octanol–water partition coefficient (Wildman–Crippen LogP) is 6.40. The monoisotopic (exact) mass is 538 g/mol. The topological polar surface area (TPSA) is 66.5 Å². The van der Waals surface area contributed by atoms with Crippen LogP contribution in [0.1, 0.15) is 22.7 Å². The lowest BCUT2D eigenvalue weighted by molar-refractivity contribution is -0.120. The molecule has 0 fully saturated rings. The summed E-state index contributed by atoms with van der Waals surface area (Å²) in [6, 6.07) is 29.4. The quantitative estimate of drug-likeness (QED) is 0.282. The van der Waals surface area contributed by atoms with Crippen LogP contribution in [0, 0.1) is 6.92 Å². The van der Waals surface area contributed by atoms with Gasteiger partial charge in [0.15, 0.2) is 0 Å². The van der Waals surface area contributed by atoms with E-state index in [1.165, 1.54) is 18.2 Å². The van der Waals surface area contributed by atoms with Crippen LogP contribution in [0.4, 0.5) is 5.69 Å². The smallest absolute Gasteiger partial charge is 0.264 e. The molecule has 8 heteroatoms. The molecule has 0 aromatic heterocycles. The summed E-state index contributed by atoms with van der Waals surface area (Å²) in [6.45, 7) is 1.47. The first kappa shape index (κ1) is 25.8. The van der Waals surface area contributed by atoms with E-state index in [1.807, 2.05) is 61.5 Å². The van der Waals surface area contributed by atoms with Crippen LogP contribution in [0.25, 0.3) is 0 Å². The molecule has 184 valence electrons. The summed E-state index contributed by atoms with van der Waals surface area (Å²) in [7, 11) is -4.13. The molecule has 0 radical (unpaired) electrons. The third-order valence-corrected chi connectivity index (χ3v) is 8.34. The van der Waals surface area contributed by atoms with Crippen LogP contribution in [0.5, 0.6) is 0 Å². The Hall–Kier alpha value is -3.32. The van der Waals surface area contributed by atoms with Crippen molar-refractivity contribution in [3.05, 3.63) is 130 Å². The number of nitrogens with zero attached hydrogens (tertiary/aromatic N) is 1. The molecule has 0 aliphatic carbocycles. The summed E-state index contributed by atoms with van der Waals surface area (Å²) in [5.74, 6) is -0.498. The maximum Gasteiger partial charge on any atom is 0.264 e. The van der Waals surface area contributed by atoms with E-state index in [-0.39, 0.29) is 20.6 Å². The van der Waals surface area contributed by atoms with Crippen molar-refractivity contribution < 1.29 is 13.2 Å². The largest absolute Gasteiger partial charge is 0.344 e. The van der Waals surface area contributed by atoms with Crippen LogP contribution in [-0.2, 0) is 14.8 Å². The third-order valence-electron chi connectivity index (χ3n) is 5.76. The lowest BCUT2D eigenvalue weighted by Gasteiger charge is -2.27. The number of sulfonamides is 1. The van der Waals surface area contributed by atoms with E-state index < -0.39 is 28.5 Å². The normalized spacial score (nSPS) is 12.1. The summed E-state index contributed by atoms with van der Waals surface area (Å²) < 4.78 is 28.3. The number of hydrogen-bond acceptors (Lipinski definition) is 3. The van der Waals surface area contributed by atoms with Gasteiger partial charge >= 0.3 is 0 Å². The lowest BCUT2D eigenvalue weighted by Crippen LogP contribution is -2.42. The van der Waals surface area contributed by atoms with Crippen LogP contribution in [0.2, 0.25) is 10.0 Å². The third kappa shape index (κ3) is 5.57. The minimum Gasteiger partial charge on any atom is -0.344 e. The molecule has 0 spiro atoms. The molecular formula is C28H24Cl2N2O3S. The van der Waals surface area contributed by atoms with E-state index in [0.29, 0.717) is 0 Å². The van der Waals surface area contributed by atoms with Gasteiger partial charge in [-0.05, 0) is 47.9 Å². The molecule has 5 nitrogen and oxygen atoms in total. The van der Waals surface area contributed by atoms with E-state index in [4.69, 9.17) is 23.2 Å². The number of rotatable bonds is 8. The van der Waals surface area contributed by atoms with Crippen molar-refractivity contribution in [2.75, 3.05) is 10.8 Å². The highest BCUT2D eigenvalue weighted by atomic mass is 35.5. The number of carbonyl (C=O) groups is 1. The van der Waals surface area contributed by atoms with Crippen molar-refractivity contribution in [1.82, 2.24) is 5.32 Å². The van der Waals surface area contributed by atoms with Crippen molar-refractivity contribution in [3.63, 3.8) is 0 Å². The Balaban J connectivity index is 1.73. The lowest BCUT2D eigenvalue weighted by atomic mass is 9.95. The minimum absolute atomic E-state index is 0.0346. The second-order valence-electron chi connectivity index (χ2n) is 8.17. The van der Waals surface area contributed by atoms with Gasteiger partial charge in [-0.3, -0.25) is 9.10 Å². The molecular weight excluding hydrogens is 515 g/mol. The number of benzene rings is 4. The molecule has 1 atom stereocenters. The highest BCUT2D eigenvalue weighted by molar-refractivity contribution is 7.92. The summed E-state index contributed by atoms with van der Waals surface area (Å²) in [5, 5.41) is 3.26. The van der Waals surface area contributed by atoms with E-state index in [0.717, 1.165) is 21.0 Å². The van der Waals surface area contributed by atoms with Crippen molar-refractivity contribution >= 4 is 44.8 Å². The molecule has 36 heavy (non-hydrogen) atoms. The van der Waals surface area contributed by atoms with Gasteiger partial charge in [-0.15, -0.1) is 0 Å². The van der Waals surface area contributed by atoms with Gasteiger partial charge in [0.2, 0.25) is 5.91 Å². The summed E-state index contributed by atoms with van der Waals surface area (Å²) in [6.07, 6.45) is 0. The number of aryl methyl sites for hydroxylation is 1. The second-order valence-corrected chi connectivity index (χ2v) is 10.8. The maximum absolute atomic E-state index is 13.7. The van der Waals surface area contributed by atoms with Gasteiger partial charge in [0, 0.05) is 0 Å². The van der Waals surface area contributed by atoms with Gasteiger partial charge in [0.25, 0.3) is 10.0 Å². The van der Waals surface area contributed by atoms with Gasteiger partial charge < -0.3 is 5.32 Å². The van der Waals surface area contributed by atoms with Gasteiger partial charge in [-0.2, -0.15) is 0 Å². The fourth-order valence-corrected chi connectivity index (χ4v) is 5.84. The van der Waals surface area contributed by atoms with Crippen LogP contribution in [0.3, 0.4) is 0 Å². The van der Waals surface area contributed by atoms with Crippen LogP contribution >= 0.6 is 23.2 Å². The Morgan fingerprint density at radius 3 is 2.11 bits per heavy atom. The molecule has 0 aliphatic heterocycles. The fourth-order valence-electron chi connectivity index (χ4n) is 3.94. The average Bonchev–Trinajstić information content (AvgIpc) is 2.89. The SMILES string of the molecule is Cc1ccccc1C(NC(=O)CN(c1cccc(Cl)c1Cl)S(=O)(=O)c1ccccc1)c1ccccc1. The molecule has 4 rings (SSSR count). The van der Waals surface area contributed by atoms with E-state index in [1.54, 1.807) is 30.3 Å². The number of anilines is 1. The summed E-state index contributed by atoms with van der Waals surface area (Å²) >= 11 is 12.6. The number of nitrogens with one attached hydrogen (secondary N) is 1. The van der Waals surface area contributed by atoms with E-state index in [9.17, 15) is 13.2 Å². The summed E-state index contributed by atoms with van der Waals surface area (Å²) in [5.41, 5.74) is 2.90. The molecule has 4 aromatic rings. The molecule has 1 unspecified atom stereocenters. The van der Waals surface area contributed by atoms with Crippen molar-refractivity contribution in [2.45, 2.75) is 17.9 Å². The second kappa shape index (κ2) is 11.2. The Labute approximate surface area is 221 Å². The highest BCUT2D eigenvalue weighted by Gasteiger charge is 2.30. The Morgan fingerprint density at radius 2 is 1.44 bits per heavy atom. The van der Waals surface area contributed by atoms with E-state index >= 15 is 0 Å². The Bertz CT molecular complexity index is 1460. The van der Waals surface area contributed by atoms with Gasteiger partial charge in [-0.1, -0.05) is 102 Å². The predicted molar refractivity (Wildman–Crippen MR) is 145 cm³/mol. The molecule has 4 aromatic carbocycles. The van der Waals surface area contributed by atoms with E-state index in [2.05, 4.69) is 5.32 Å². The molecule has 1 amide bonds. The molecule has 0 saturated heterocycles. The van der Waals surface area contributed by atoms with Gasteiger partial charge in [0.05, 0.1) is 26.7 Å². The minimum atomic E-state index is -4.13. The highest BCUT2D eigenvalue weighted by Crippen LogP contribution is 2.35. The first-order valence-corrected chi connectivity index (χ1v) is 13.4. The first-order chi connectivity index (χ1) is 17.3.